The number of carbonyl (C=O) groups is 3. The van der Waals surface area contributed by atoms with Gasteiger partial charge >= 0.3 is 0 Å². The highest BCUT2D eigenvalue weighted by atomic mass is 19.1. The van der Waals surface area contributed by atoms with Crippen LogP contribution in [0.2, 0.25) is 0 Å². The quantitative estimate of drug-likeness (QED) is 0.656. The highest BCUT2D eigenvalue weighted by Gasteiger charge is 2.28. The van der Waals surface area contributed by atoms with Crippen molar-refractivity contribution < 1.29 is 18.8 Å². The molecular formula is C17H24FN3O3. The van der Waals surface area contributed by atoms with Gasteiger partial charge in [0.05, 0.1) is 0 Å². The number of amides is 3. The van der Waals surface area contributed by atoms with Gasteiger partial charge in [0, 0.05) is 13.3 Å². The van der Waals surface area contributed by atoms with Gasteiger partial charge in [0.2, 0.25) is 17.7 Å². The van der Waals surface area contributed by atoms with Crippen LogP contribution in [0.1, 0.15) is 32.8 Å². The molecule has 0 unspecified atom stereocenters. The summed E-state index contributed by atoms with van der Waals surface area (Å²) in [4.78, 5) is 35.4. The average molecular weight is 337 g/mol. The molecule has 0 saturated heterocycles. The predicted molar refractivity (Wildman–Crippen MR) is 88.3 cm³/mol. The summed E-state index contributed by atoms with van der Waals surface area (Å²) in [6.07, 6.45) is 0.762. The van der Waals surface area contributed by atoms with E-state index in [1.807, 2.05) is 6.92 Å². The minimum Gasteiger partial charge on any atom is -0.368 e. The molecule has 3 atom stereocenters. The molecule has 0 saturated carbocycles. The fourth-order valence-electron chi connectivity index (χ4n) is 2.34. The van der Waals surface area contributed by atoms with E-state index in [1.54, 1.807) is 13.0 Å². The Labute approximate surface area is 141 Å². The van der Waals surface area contributed by atoms with E-state index < -0.39 is 35.6 Å². The number of rotatable bonds is 8. The summed E-state index contributed by atoms with van der Waals surface area (Å²) in [5.41, 5.74) is 5.90. The van der Waals surface area contributed by atoms with E-state index in [0.717, 1.165) is 0 Å². The second kappa shape index (κ2) is 9.00. The van der Waals surface area contributed by atoms with Crippen LogP contribution in [-0.2, 0) is 20.8 Å². The second-order valence-electron chi connectivity index (χ2n) is 5.86. The third kappa shape index (κ3) is 5.98. The molecule has 0 aliphatic carbocycles. The van der Waals surface area contributed by atoms with E-state index in [2.05, 4.69) is 10.6 Å². The van der Waals surface area contributed by atoms with Gasteiger partial charge in [-0.25, -0.2) is 4.39 Å². The Morgan fingerprint density at radius 1 is 1.25 bits per heavy atom. The van der Waals surface area contributed by atoms with Crippen molar-refractivity contribution in [2.24, 2.45) is 11.7 Å². The fraction of sp³-hybridized carbons (Fsp3) is 0.471. The molecule has 1 rings (SSSR count). The molecule has 1 aromatic rings. The van der Waals surface area contributed by atoms with Crippen LogP contribution in [0.25, 0.3) is 0 Å². The maximum atomic E-state index is 13.3. The minimum absolute atomic E-state index is 0.106. The van der Waals surface area contributed by atoms with Crippen molar-refractivity contribution in [2.75, 3.05) is 0 Å². The molecule has 0 bridgehead atoms. The molecule has 0 heterocycles. The average Bonchev–Trinajstić information content (AvgIpc) is 2.50. The summed E-state index contributed by atoms with van der Waals surface area (Å²) in [7, 11) is 0. The second-order valence-corrected chi connectivity index (χ2v) is 5.86. The third-order valence-electron chi connectivity index (χ3n) is 3.84. The Morgan fingerprint density at radius 3 is 2.42 bits per heavy atom. The van der Waals surface area contributed by atoms with Crippen molar-refractivity contribution >= 4 is 17.7 Å². The first-order valence-electron chi connectivity index (χ1n) is 7.85. The van der Waals surface area contributed by atoms with Crippen LogP contribution in [0.5, 0.6) is 0 Å². The standard InChI is InChI=1S/C17H24FN3O3/c1-4-10(2)15(16(19)23)21-17(24)14(20-11(3)22)9-12-6-5-7-13(18)8-12/h5-8,10,14-15H,4,9H2,1-3H3,(H2,19,23)(H,20,22)(H,21,24)/t10-,14-,15+/m1/s1. The number of nitrogens with one attached hydrogen (secondary N) is 2. The first-order valence-corrected chi connectivity index (χ1v) is 7.85. The molecule has 1 aromatic carbocycles. The van der Waals surface area contributed by atoms with Crippen molar-refractivity contribution in [3.05, 3.63) is 35.6 Å². The van der Waals surface area contributed by atoms with Crippen LogP contribution in [0.4, 0.5) is 4.39 Å². The monoisotopic (exact) mass is 337 g/mol. The van der Waals surface area contributed by atoms with Gasteiger partial charge in [-0.1, -0.05) is 32.4 Å². The number of nitrogens with two attached hydrogens (primary N) is 1. The zero-order chi connectivity index (χ0) is 18.3. The van der Waals surface area contributed by atoms with Crippen molar-refractivity contribution in [1.82, 2.24) is 10.6 Å². The van der Waals surface area contributed by atoms with Gasteiger partial charge in [0.1, 0.15) is 17.9 Å². The summed E-state index contributed by atoms with van der Waals surface area (Å²) < 4.78 is 13.3. The lowest BCUT2D eigenvalue weighted by molar-refractivity contribution is -0.131. The summed E-state index contributed by atoms with van der Waals surface area (Å²) in [6.45, 7) is 4.96. The number of hydrogen-bond donors (Lipinski definition) is 3. The van der Waals surface area contributed by atoms with Gasteiger partial charge in [0.25, 0.3) is 0 Å². The molecule has 0 aromatic heterocycles. The zero-order valence-corrected chi connectivity index (χ0v) is 14.1. The minimum atomic E-state index is -0.921. The van der Waals surface area contributed by atoms with Crippen LogP contribution >= 0.6 is 0 Å². The van der Waals surface area contributed by atoms with Crippen LogP contribution in [0.3, 0.4) is 0 Å². The largest absolute Gasteiger partial charge is 0.368 e. The van der Waals surface area contributed by atoms with Gasteiger partial charge < -0.3 is 16.4 Å². The van der Waals surface area contributed by atoms with Crippen molar-refractivity contribution in [2.45, 2.75) is 45.7 Å². The molecule has 0 aliphatic heterocycles. The van der Waals surface area contributed by atoms with Gasteiger partial charge in [-0.2, -0.15) is 0 Å². The third-order valence-corrected chi connectivity index (χ3v) is 3.84. The van der Waals surface area contributed by atoms with Crippen molar-refractivity contribution in [3.63, 3.8) is 0 Å². The summed E-state index contributed by atoms with van der Waals surface area (Å²) >= 11 is 0. The van der Waals surface area contributed by atoms with E-state index in [4.69, 9.17) is 5.73 Å². The Morgan fingerprint density at radius 2 is 1.92 bits per heavy atom. The number of benzene rings is 1. The van der Waals surface area contributed by atoms with Crippen molar-refractivity contribution in [3.8, 4) is 0 Å². The maximum absolute atomic E-state index is 13.3. The highest BCUT2D eigenvalue weighted by Crippen LogP contribution is 2.10. The van der Waals surface area contributed by atoms with E-state index in [0.29, 0.717) is 12.0 Å². The smallest absolute Gasteiger partial charge is 0.243 e. The lowest BCUT2D eigenvalue weighted by Crippen LogP contribution is -2.55. The SMILES string of the molecule is CC[C@@H](C)[C@H](NC(=O)[C@@H](Cc1cccc(F)c1)NC(C)=O)C(N)=O. The Kier molecular flexibility index (Phi) is 7.35. The van der Waals surface area contributed by atoms with Crippen LogP contribution < -0.4 is 16.4 Å². The maximum Gasteiger partial charge on any atom is 0.243 e. The van der Waals surface area contributed by atoms with Gasteiger partial charge in [0.15, 0.2) is 0 Å². The lowest BCUT2D eigenvalue weighted by Gasteiger charge is -2.25. The lowest BCUT2D eigenvalue weighted by atomic mass is 9.97. The van der Waals surface area contributed by atoms with Gasteiger partial charge in [-0.3, -0.25) is 14.4 Å². The number of hydrogen-bond acceptors (Lipinski definition) is 3. The first-order chi connectivity index (χ1) is 11.2. The van der Waals surface area contributed by atoms with Crippen molar-refractivity contribution in [1.29, 1.82) is 0 Å². The highest BCUT2D eigenvalue weighted by molar-refractivity contribution is 5.91. The van der Waals surface area contributed by atoms with E-state index in [9.17, 15) is 18.8 Å². The zero-order valence-electron chi connectivity index (χ0n) is 14.1. The molecule has 3 amide bonds. The molecule has 0 spiro atoms. The Hall–Kier alpha value is -2.44. The van der Waals surface area contributed by atoms with Crippen LogP contribution in [0.15, 0.2) is 24.3 Å². The molecule has 6 nitrogen and oxygen atoms in total. The molecule has 0 radical (unpaired) electrons. The molecule has 24 heavy (non-hydrogen) atoms. The summed E-state index contributed by atoms with van der Waals surface area (Å²) in [5, 5.41) is 5.11. The molecule has 4 N–H and O–H groups in total. The normalized spacial score (nSPS) is 14.3. The predicted octanol–water partition coefficient (Wildman–Crippen LogP) is 0.889. The number of primary amides is 1. The Bertz CT molecular complexity index is 606. The van der Waals surface area contributed by atoms with E-state index in [-0.39, 0.29) is 12.3 Å². The van der Waals surface area contributed by atoms with Crippen LogP contribution in [0, 0.1) is 11.7 Å². The van der Waals surface area contributed by atoms with Gasteiger partial charge in [-0.15, -0.1) is 0 Å². The summed E-state index contributed by atoms with van der Waals surface area (Å²) in [6, 6.07) is 4.02. The number of halogens is 1. The molecular weight excluding hydrogens is 313 g/mol. The van der Waals surface area contributed by atoms with E-state index >= 15 is 0 Å². The molecule has 0 fully saturated rings. The summed E-state index contributed by atoms with van der Waals surface area (Å²) in [5.74, 6) is -2.13. The van der Waals surface area contributed by atoms with Crippen LogP contribution in [-0.4, -0.2) is 29.8 Å². The Balaban J connectivity index is 2.91. The van der Waals surface area contributed by atoms with E-state index in [1.165, 1.54) is 25.1 Å². The molecule has 132 valence electrons. The topological polar surface area (TPSA) is 101 Å². The number of carbonyl (C=O) groups excluding carboxylic acids is 3. The molecule has 7 heteroatoms. The molecule has 0 aliphatic rings. The first kappa shape index (κ1) is 19.6. The fourth-order valence-corrected chi connectivity index (χ4v) is 2.34. The van der Waals surface area contributed by atoms with Gasteiger partial charge in [-0.05, 0) is 23.6 Å².